The first-order chi connectivity index (χ1) is 13.4. The minimum atomic E-state index is -0.714. The Balaban J connectivity index is 1.45. The molecule has 0 saturated carbocycles. The lowest BCUT2D eigenvalue weighted by atomic mass is 9.88. The Kier molecular flexibility index (Phi) is 6.46. The SMILES string of the molecule is O=C(CN1CCC(C(=O)c2cc(F)ccc2F)CC1)NCc1ccc(F)cc1. The van der Waals surface area contributed by atoms with Crippen LogP contribution in [0.2, 0.25) is 0 Å². The van der Waals surface area contributed by atoms with Crippen LogP contribution in [-0.4, -0.2) is 36.2 Å². The van der Waals surface area contributed by atoms with Crippen molar-refractivity contribution in [1.29, 1.82) is 0 Å². The topological polar surface area (TPSA) is 49.4 Å². The van der Waals surface area contributed by atoms with E-state index < -0.39 is 17.4 Å². The third-order valence-corrected chi connectivity index (χ3v) is 4.92. The van der Waals surface area contributed by atoms with E-state index in [4.69, 9.17) is 0 Å². The quantitative estimate of drug-likeness (QED) is 0.770. The number of likely N-dealkylation sites (tertiary alicyclic amines) is 1. The van der Waals surface area contributed by atoms with Gasteiger partial charge in [-0.3, -0.25) is 14.5 Å². The van der Waals surface area contributed by atoms with Crippen molar-refractivity contribution in [2.24, 2.45) is 5.92 Å². The molecule has 7 heteroatoms. The highest BCUT2D eigenvalue weighted by Crippen LogP contribution is 2.23. The molecule has 1 saturated heterocycles. The molecule has 1 N–H and O–H groups in total. The van der Waals surface area contributed by atoms with Crippen LogP contribution in [0.25, 0.3) is 0 Å². The van der Waals surface area contributed by atoms with Gasteiger partial charge >= 0.3 is 0 Å². The standard InChI is InChI=1S/C21H21F3N2O2/c22-16-3-1-14(2-4-16)12-25-20(27)13-26-9-7-15(8-10-26)21(28)18-11-17(23)5-6-19(18)24/h1-6,11,15H,7-10,12-13H2,(H,25,27). The fourth-order valence-corrected chi connectivity index (χ4v) is 3.32. The number of carbonyl (C=O) groups is 2. The molecule has 0 atom stereocenters. The Morgan fingerprint density at radius 2 is 1.61 bits per heavy atom. The van der Waals surface area contributed by atoms with Crippen molar-refractivity contribution in [3.63, 3.8) is 0 Å². The summed E-state index contributed by atoms with van der Waals surface area (Å²) in [7, 11) is 0. The highest BCUT2D eigenvalue weighted by molar-refractivity contribution is 5.98. The molecule has 0 bridgehead atoms. The van der Waals surface area contributed by atoms with Crippen LogP contribution >= 0.6 is 0 Å². The lowest BCUT2D eigenvalue weighted by molar-refractivity contribution is -0.122. The molecular weight excluding hydrogens is 369 g/mol. The van der Waals surface area contributed by atoms with Gasteiger partial charge in [0.15, 0.2) is 5.78 Å². The second-order valence-electron chi connectivity index (χ2n) is 6.94. The summed E-state index contributed by atoms with van der Waals surface area (Å²) in [5, 5.41) is 2.78. The fraction of sp³-hybridized carbons (Fsp3) is 0.333. The van der Waals surface area contributed by atoms with Gasteiger partial charge in [0, 0.05) is 12.5 Å². The van der Waals surface area contributed by atoms with Gasteiger partial charge in [-0.2, -0.15) is 0 Å². The molecule has 1 aliphatic heterocycles. The molecule has 148 valence electrons. The number of halogens is 3. The minimum absolute atomic E-state index is 0.162. The lowest BCUT2D eigenvalue weighted by Gasteiger charge is -2.30. The van der Waals surface area contributed by atoms with Crippen molar-refractivity contribution < 1.29 is 22.8 Å². The van der Waals surface area contributed by atoms with Crippen LogP contribution in [-0.2, 0) is 11.3 Å². The molecule has 28 heavy (non-hydrogen) atoms. The van der Waals surface area contributed by atoms with Crippen molar-refractivity contribution in [3.05, 3.63) is 71.0 Å². The van der Waals surface area contributed by atoms with E-state index in [1.165, 1.54) is 12.1 Å². The Morgan fingerprint density at radius 3 is 2.29 bits per heavy atom. The van der Waals surface area contributed by atoms with Crippen molar-refractivity contribution >= 4 is 11.7 Å². The Morgan fingerprint density at radius 1 is 0.964 bits per heavy atom. The number of nitrogens with zero attached hydrogens (tertiary/aromatic N) is 1. The summed E-state index contributed by atoms with van der Waals surface area (Å²) >= 11 is 0. The zero-order valence-electron chi connectivity index (χ0n) is 15.3. The van der Waals surface area contributed by atoms with Gasteiger partial charge in [0.2, 0.25) is 5.91 Å². The fourth-order valence-electron chi connectivity index (χ4n) is 3.32. The molecule has 4 nitrogen and oxygen atoms in total. The number of amides is 1. The predicted molar refractivity (Wildman–Crippen MR) is 98.1 cm³/mol. The zero-order chi connectivity index (χ0) is 20.1. The summed E-state index contributed by atoms with van der Waals surface area (Å²) in [6.45, 7) is 1.55. The molecule has 1 aliphatic rings. The number of hydrogen-bond acceptors (Lipinski definition) is 3. The maximum Gasteiger partial charge on any atom is 0.234 e. The Hall–Kier alpha value is -2.67. The number of nitrogens with one attached hydrogen (secondary N) is 1. The number of Topliss-reactive ketones (excluding diaryl/α,β-unsaturated/α-hetero) is 1. The third kappa shape index (κ3) is 5.19. The molecule has 0 aliphatic carbocycles. The first-order valence-corrected chi connectivity index (χ1v) is 9.15. The van der Waals surface area contributed by atoms with E-state index >= 15 is 0 Å². The van der Waals surface area contributed by atoms with E-state index in [1.807, 2.05) is 4.90 Å². The van der Waals surface area contributed by atoms with Crippen LogP contribution in [0.1, 0.15) is 28.8 Å². The van der Waals surface area contributed by atoms with E-state index in [0.29, 0.717) is 32.5 Å². The van der Waals surface area contributed by atoms with Gasteiger partial charge in [-0.15, -0.1) is 0 Å². The summed E-state index contributed by atoms with van der Waals surface area (Å²) in [5.74, 6) is -2.61. The molecule has 0 radical (unpaired) electrons. The van der Waals surface area contributed by atoms with Gasteiger partial charge in [0.1, 0.15) is 17.5 Å². The number of carbonyl (C=O) groups excluding carboxylic acids is 2. The van der Waals surface area contributed by atoms with Crippen LogP contribution in [0.5, 0.6) is 0 Å². The average Bonchev–Trinajstić information content (AvgIpc) is 2.69. The van der Waals surface area contributed by atoms with Crippen LogP contribution < -0.4 is 5.32 Å². The first kappa shape index (κ1) is 20.1. The van der Waals surface area contributed by atoms with Crippen LogP contribution in [0.15, 0.2) is 42.5 Å². The second kappa shape index (κ2) is 9.01. The Bertz CT molecular complexity index is 847. The van der Waals surface area contributed by atoms with Gasteiger partial charge in [-0.05, 0) is 61.8 Å². The molecule has 0 aromatic heterocycles. The number of piperidine rings is 1. The first-order valence-electron chi connectivity index (χ1n) is 9.15. The number of hydrogen-bond donors (Lipinski definition) is 1. The average molecular weight is 390 g/mol. The summed E-state index contributed by atoms with van der Waals surface area (Å²) in [6.07, 6.45) is 0.972. The van der Waals surface area contributed by atoms with E-state index in [-0.39, 0.29) is 29.8 Å². The number of ketones is 1. The predicted octanol–water partition coefficient (Wildman–Crippen LogP) is 3.32. The molecule has 3 rings (SSSR count). The van der Waals surface area contributed by atoms with Crippen molar-refractivity contribution in [3.8, 4) is 0 Å². The minimum Gasteiger partial charge on any atom is -0.351 e. The molecule has 0 spiro atoms. The molecule has 2 aromatic carbocycles. The maximum atomic E-state index is 13.8. The molecule has 1 heterocycles. The van der Waals surface area contributed by atoms with Crippen LogP contribution in [0, 0.1) is 23.4 Å². The Labute approximate surface area is 161 Å². The normalized spacial score (nSPS) is 15.4. The van der Waals surface area contributed by atoms with Gasteiger partial charge < -0.3 is 5.32 Å². The highest BCUT2D eigenvalue weighted by atomic mass is 19.1. The summed E-state index contributed by atoms with van der Waals surface area (Å²) in [5.41, 5.74) is 0.590. The van der Waals surface area contributed by atoms with Gasteiger partial charge in [-0.1, -0.05) is 12.1 Å². The number of benzene rings is 2. The van der Waals surface area contributed by atoms with Crippen molar-refractivity contribution in [2.45, 2.75) is 19.4 Å². The van der Waals surface area contributed by atoms with Gasteiger partial charge in [-0.25, -0.2) is 13.2 Å². The van der Waals surface area contributed by atoms with Crippen molar-refractivity contribution in [2.75, 3.05) is 19.6 Å². The highest BCUT2D eigenvalue weighted by Gasteiger charge is 2.28. The summed E-state index contributed by atoms with van der Waals surface area (Å²) in [4.78, 5) is 26.5. The summed E-state index contributed by atoms with van der Waals surface area (Å²) < 4.78 is 40.0. The molecule has 2 aromatic rings. The van der Waals surface area contributed by atoms with E-state index in [2.05, 4.69) is 5.32 Å². The third-order valence-electron chi connectivity index (χ3n) is 4.92. The van der Waals surface area contributed by atoms with Gasteiger partial charge in [0.05, 0.1) is 12.1 Å². The second-order valence-corrected chi connectivity index (χ2v) is 6.94. The molecule has 0 unspecified atom stereocenters. The molecule has 1 fully saturated rings. The molecule has 1 amide bonds. The number of rotatable bonds is 6. The van der Waals surface area contributed by atoms with Crippen molar-refractivity contribution in [1.82, 2.24) is 10.2 Å². The van der Waals surface area contributed by atoms with Crippen LogP contribution in [0.4, 0.5) is 13.2 Å². The monoisotopic (exact) mass is 390 g/mol. The smallest absolute Gasteiger partial charge is 0.234 e. The zero-order valence-corrected chi connectivity index (χ0v) is 15.3. The largest absolute Gasteiger partial charge is 0.351 e. The lowest BCUT2D eigenvalue weighted by Crippen LogP contribution is -2.42. The van der Waals surface area contributed by atoms with E-state index in [1.54, 1.807) is 12.1 Å². The van der Waals surface area contributed by atoms with Crippen LogP contribution in [0.3, 0.4) is 0 Å². The van der Waals surface area contributed by atoms with Gasteiger partial charge in [0.25, 0.3) is 0 Å². The van der Waals surface area contributed by atoms with E-state index in [9.17, 15) is 22.8 Å². The summed E-state index contributed by atoms with van der Waals surface area (Å²) in [6, 6.07) is 8.78. The molecular formula is C21H21F3N2O2. The maximum absolute atomic E-state index is 13.8. The van der Waals surface area contributed by atoms with E-state index in [0.717, 1.165) is 23.8 Å².